The van der Waals surface area contributed by atoms with Crippen molar-refractivity contribution in [1.82, 2.24) is 9.88 Å². The Morgan fingerprint density at radius 3 is 2.83 bits per heavy atom. The smallest absolute Gasteiger partial charge is 0.239 e. The van der Waals surface area contributed by atoms with Crippen LogP contribution in [-0.2, 0) is 9.59 Å². The van der Waals surface area contributed by atoms with Gasteiger partial charge in [-0.1, -0.05) is 19.9 Å². The van der Waals surface area contributed by atoms with Crippen LogP contribution in [0.2, 0.25) is 0 Å². The number of rotatable bonds is 5. The average molecular weight is 332 g/mol. The Balaban J connectivity index is 1.94. The van der Waals surface area contributed by atoms with Gasteiger partial charge in [0.25, 0.3) is 0 Å². The van der Waals surface area contributed by atoms with Gasteiger partial charge in [0.15, 0.2) is 0 Å². The Morgan fingerprint density at radius 2 is 2.17 bits per heavy atom. The first-order chi connectivity index (χ1) is 11.4. The Morgan fingerprint density at radius 1 is 1.42 bits per heavy atom. The number of carbonyl (C=O) groups excluding carboxylic acids is 2. The van der Waals surface area contributed by atoms with Crippen molar-refractivity contribution in [2.45, 2.75) is 46.1 Å². The maximum absolute atomic E-state index is 12.5. The molecule has 24 heavy (non-hydrogen) atoms. The van der Waals surface area contributed by atoms with Crippen molar-refractivity contribution in [2.24, 2.45) is 17.6 Å². The van der Waals surface area contributed by atoms with Crippen molar-refractivity contribution in [3.8, 4) is 0 Å². The zero-order valence-corrected chi connectivity index (χ0v) is 14.8. The third kappa shape index (κ3) is 5.03. The molecule has 0 spiro atoms. The van der Waals surface area contributed by atoms with Crippen molar-refractivity contribution < 1.29 is 9.59 Å². The summed E-state index contributed by atoms with van der Waals surface area (Å²) in [6.07, 6.45) is 2.26. The van der Waals surface area contributed by atoms with E-state index in [1.807, 2.05) is 19.1 Å². The van der Waals surface area contributed by atoms with Crippen LogP contribution in [0.5, 0.6) is 0 Å². The SMILES string of the molecule is Cc1cccc(NC(=O)C2CCCN(C(=O)[C@@H](N)CC(C)C)C2)n1. The Hall–Kier alpha value is -1.95. The number of pyridine rings is 1. The number of nitrogens with zero attached hydrogens (tertiary/aromatic N) is 2. The van der Waals surface area contributed by atoms with Gasteiger partial charge in [-0.05, 0) is 44.2 Å². The number of carbonyl (C=O) groups is 2. The Bertz CT molecular complexity index is 588. The molecule has 6 heteroatoms. The summed E-state index contributed by atoms with van der Waals surface area (Å²) in [5, 5.41) is 2.85. The molecule has 1 saturated heterocycles. The molecule has 2 rings (SSSR count). The topological polar surface area (TPSA) is 88.3 Å². The molecule has 1 unspecified atom stereocenters. The summed E-state index contributed by atoms with van der Waals surface area (Å²) in [7, 11) is 0. The Labute approximate surface area is 143 Å². The van der Waals surface area contributed by atoms with E-state index in [1.165, 1.54) is 0 Å². The zero-order chi connectivity index (χ0) is 17.7. The highest BCUT2D eigenvalue weighted by atomic mass is 16.2. The second-order valence-corrected chi connectivity index (χ2v) is 7.01. The third-order valence-electron chi connectivity index (χ3n) is 4.29. The monoisotopic (exact) mass is 332 g/mol. The number of aryl methyl sites for hydroxylation is 1. The molecule has 1 aliphatic heterocycles. The molecule has 0 aliphatic carbocycles. The van der Waals surface area contributed by atoms with Crippen LogP contribution in [0.3, 0.4) is 0 Å². The van der Waals surface area contributed by atoms with Gasteiger partial charge in [-0.2, -0.15) is 0 Å². The summed E-state index contributed by atoms with van der Waals surface area (Å²) in [5.41, 5.74) is 6.86. The molecule has 1 aromatic rings. The number of nitrogens with one attached hydrogen (secondary N) is 1. The molecule has 1 fully saturated rings. The molecular weight excluding hydrogens is 304 g/mol. The van der Waals surface area contributed by atoms with Gasteiger partial charge in [-0.15, -0.1) is 0 Å². The summed E-state index contributed by atoms with van der Waals surface area (Å²) < 4.78 is 0. The minimum absolute atomic E-state index is 0.0464. The number of amides is 2. The first kappa shape index (κ1) is 18.4. The summed E-state index contributed by atoms with van der Waals surface area (Å²) >= 11 is 0. The van der Waals surface area contributed by atoms with E-state index in [2.05, 4.69) is 24.1 Å². The molecule has 2 heterocycles. The van der Waals surface area contributed by atoms with Gasteiger partial charge in [0.1, 0.15) is 5.82 Å². The maximum atomic E-state index is 12.5. The van der Waals surface area contributed by atoms with Crippen LogP contribution < -0.4 is 11.1 Å². The minimum Gasteiger partial charge on any atom is -0.341 e. The molecule has 0 aromatic carbocycles. The fraction of sp³-hybridized carbons (Fsp3) is 0.611. The van der Waals surface area contributed by atoms with Gasteiger partial charge in [-0.25, -0.2) is 4.98 Å². The van der Waals surface area contributed by atoms with E-state index in [1.54, 1.807) is 11.0 Å². The van der Waals surface area contributed by atoms with Crippen molar-refractivity contribution in [3.63, 3.8) is 0 Å². The van der Waals surface area contributed by atoms with Crippen LogP contribution in [0, 0.1) is 18.8 Å². The lowest BCUT2D eigenvalue weighted by molar-refractivity contribution is -0.136. The van der Waals surface area contributed by atoms with E-state index in [4.69, 9.17) is 5.73 Å². The second kappa shape index (κ2) is 8.24. The van der Waals surface area contributed by atoms with E-state index >= 15 is 0 Å². The highest BCUT2D eigenvalue weighted by Gasteiger charge is 2.30. The fourth-order valence-corrected chi connectivity index (χ4v) is 3.08. The van der Waals surface area contributed by atoms with E-state index in [0.717, 1.165) is 18.5 Å². The van der Waals surface area contributed by atoms with Gasteiger partial charge >= 0.3 is 0 Å². The predicted molar refractivity (Wildman–Crippen MR) is 94.3 cm³/mol. The molecule has 132 valence electrons. The molecule has 0 radical (unpaired) electrons. The summed E-state index contributed by atoms with van der Waals surface area (Å²) in [6.45, 7) is 7.09. The highest BCUT2D eigenvalue weighted by Crippen LogP contribution is 2.20. The number of nitrogens with two attached hydrogens (primary N) is 1. The van der Waals surface area contributed by atoms with Gasteiger partial charge < -0.3 is 16.0 Å². The fourth-order valence-electron chi connectivity index (χ4n) is 3.08. The van der Waals surface area contributed by atoms with Gasteiger partial charge in [0.2, 0.25) is 11.8 Å². The van der Waals surface area contributed by atoms with E-state index in [0.29, 0.717) is 31.2 Å². The maximum Gasteiger partial charge on any atom is 0.239 e. The lowest BCUT2D eigenvalue weighted by Gasteiger charge is -2.33. The average Bonchev–Trinajstić information content (AvgIpc) is 2.53. The molecule has 0 saturated carbocycles. The number of anilines is 1. The third-order valence-corrected chi connectivity index (χ3v) is 4.29. The number of hydrogen-bond donors (Lipinski definition) is 2. The molecule has 2 amide bonds. The van der Waals surface area contributed by atoms with Crippen LogP contribution in [0.15, 0.2) is 18.2 Å². The molecule has 0 bridgehead atoms. The number of hydrogen-bond acceptors (Lipinski definition) is 4. The van der Waals surface area contributed by atoms with E-state index in [-0.39, 0.29) is 17.7 Å². The van der Waals surface area contributed by atoms with Crippen LogP contribution in [0.1, 0.15) is 38.8 Å². The Kier molecular flexibility index (Phi) is 6.31. The summed E-state index contributed by atoms with van der Waals surface area (Å²) in [5.74, 6) is 0.592. The van der Waals surface area contributed by atoms with E-state index in [9.17, 15) is 9.59 Å². The molecule has 1 aromatic heterocycles. The van der Waals surface area contributed by atoms with Crippen molar-refractivity contribution in [3.05, 3.63) is 23.9 Å². The van der Waals surface area contributed by atoms with Crippen LogP contribution >= 0.6 is 0 Å². The molecular formula is C18H28N4O2. The summed E-state index contributed by atoms with van der Waals surface area (Å²) in [6, 6.07) is 5.03. The predicted octanol–water partition coefficient (Wildman–Crippen LogP) is 1.94. The normalized spacial score (nSPS) is 19.2. The van der Waals surface area contributed by atoms with E-state index < -0.39 is 6.04 Å². The summed E-state index contributed by atoms with van der Waals surface area (Å²) in [4.78, 5) is 31.0. The zero-order valence-electron chi connectivity index (χ0n) is 14.8. The highest BCUT2D eigenvalue weighted by molar-refractivity contribution is 5.92. The molecule has 1 aliphatic rings. The largest absolute Gasteiger partial charge is 0.341 e. The van der Waals surface area contributed by atoms with Gasteiger partial charge in [-0.3, -0.25) is 9.59 Å². The van der Waals surface area contributed by atoms with Crippen LogP contribution in [0.4, 0.5) is 5.82 Å². The van der Waals surface area contributed by atoms with Crippen molar-refractivity contribution in [1.29, 1.82) is 0 Å². The first-order valence-electron chi connectivity index (χ1n) is 8.65. The van der Waals surface area contributed by atoms with Gasteiger partial charge in [0, 0.05) is 18.8 Å². The quantitative estimate of drug-likeness (QED) is 0.862. The standard InChI is InChI=1S/C18H28N4O2/c1-12(2)10-15(19)18(24)22-9-5-7-14(11-22)17(23)21-16-8-4-6-13(3)20-16/h4,6,8,12,14-15H,5,7,9-11,19H2,1-3H3,(H,20,21,23)/t14?,15-/m0/s1. The van der Waals surface area contributed by atoms with Crippen LogP contribution in [0.25, 0.3) is 0 Å². The molecule has 6 nitrogen and oxygen atoms in total. The van der Waals surface area contributed by atoms with Gasteiger partial charge in [0.05, 0.1) is 12.0 Å². The van der Waals surface area contributed by atoms with Crippen LogP contribution in [-0.4, -0.2) is 40.8 Å². The lowest BCUT2D eigenvalue weighted by atomic mass is 9.95. The number of aromatic nitrogens is 1. The molecule has 2 atom stereocenters. The van der Waals surface area contributed by atoms with Crippen molar-refractivity contribution >= 4 is 17.6 Å². The minimum atomic E-state index is -0.481. The first-order valence-corrected chi connectivity index (χ1v) is 8.65. The lowest BCUT2D eigenvalue weighted by Crippen LogP contribution is -2.50. The molecule has 3 N–H and O–H groups in total. The number of likely N-dealkylation sites (tertiary alicyclic amines) is 1. The second-order valence-electron chi connectivity index (χ2n) is 7.01. The van der Waals surface area contributed by atoms with Crippen molar-refractivity contribution in [2.75, 3.05) is 18.4 Å². The number of piperidine rings is 1.